The van der Waals surface area contributed by atoms with E-state index in [9.17, 15) is 0 Å². The summed E-state index contributed by atoms with van der Waals surface area (Å²) in [5.41, 5.74) is 0. The van der Waals surface area contributed by atoms with E-state index >= 15 is 0 Å². The first-order chi connectivity index (χ1) is 11.4. The van der Waals surface area contributed by atoms with Crippen LogP contribution in [0.4, 0.5) is 0 Å². The predicted molar refractivity (Wildman–Crippen MR) is 94.9 cm³/mol. The highest BCUT2D eigenvalue weighted by molar-refractivity contribution is 5.08. The summed E-state index contributed by atoms with van der Waals surface area (Å²) in [6, 6.07) is 0. The summed E-state index contributed by atoms with van der Waals surface area (Å²) in [6.07, 6.45) is 21.0. The Balaban J connectivity index is 1.39. The Morgan fingerprint density at radius 1 is 0.348 bits per heavy atom. The number of rotatable bonds is 0. The van der Waals surface area contributed by atoms with E-state index in [2.05, 4.69) is 0 Å². The molecule has 0 aromatic heterocycles. The van der Waals surface area contributed by atoms with Crippen LogP contribution in [0.15, 0.2) is 0 Å². The monoisotopic (exact) mass is 312 g/mol. The normalized spacial score (nSPS) is 60.5. The van der Waals surface area contributed by atoms with Gasteiger partial charge >= 0.3 is 0 Å². The molecule has 6 aliphatic rings. The summed E-state index contributed by atoms with van der Waals surface area (Å²) in [5, 5.41) is 0. The van der Waals surface area contributed by atoms with Crippen LogP contribution in [0.2, 0.25) is 0 Å². The molecule has 0 aromatic carbocycles. The highest BCUT2D eigenvalue weighted by atomic mass is 14.6. The molecule has 0 spiro atoms. The van der Waals surface area contributed by atoms with Crippen LogP contribution in [0.1, 0.15) is 83.5 Å². The molecule has 0 heterocycles. The first kappa shape index (κ1) is 14.2. The molecule has 6 rings (SSSR count). The van der Waals surface area contributed by atoms with Crippen molar-refractivity contribution in [2.24, 2.45) is 59.2 Å². The molecule has 0 aromatic rings. The van der Waals surface area contributed by atoms with E-state index in [0.29, 0.717) is 0 Å². The minimum Gasteiger partial charge on any atom is -0.0530 e. The van der Waals surface area contributed by atoms with Crippen LogP contribution in [0.5, 0.6) is 0 Å². The molecular formula is C23H36. The molecule has 0 saturated heterocycles. The third-order valence-corrected chi connectivity index (χ3v) is 10.2. The largest absolute Gasteiger partial charge is 0.0530 e. The van der Waals surface area contributed by atoms with Gasteiger partial charge in [0.25, 0.3) is 0 Å². The van der Waals surface area contributed by atoms with Crippen molar-refractivity contribution in [1.82, 2.24) is 0 Å². The quantitative estimate of drug-likeness (QED) is 0.492. The molecule has 0 heteroatoms. The maximum absolute atomic E-state index is 1.68. The van der Waals surface area contributed by atoms with Crippen LogP contribution >= 0.6 is 0 Å². The van der Waals surface area contributed by atoms with Crippen molar-refractivity contribution in [3.63, 3.8) is 0 Å². The fourth-order valence-corrected chi connectivity index (χ4v) is 9.82. The highest BCUT2D eigenvalue weighted by Crippen LogP contribution is 2.67. The summed E-state index contributed by atoms with van der Waals surface area (Å²) in [6.45, 7) is 0. The SMILES string of the molecule is C1CCC2C(C1)CC1CC3CCCC4CCC5CCC2C1C5C43. The van der Waals surface area contributed by atoms with Crippen LogP contribution < -0.4 is 0 Å². The molecule has 0 nitrogen and oxygen atoms in total. The molecule has 6 fully saturated rings. The van der Waals surface area contributed by atoms with E-state index in [0.717, 1.165) is 5.92 Å². The second-order valence-electron chi connectivity index (χ2n) is 10.7. The van der Waals surface area contributed by atoms with Gasteiger partial charge < -0.3 is 0 Å². The van der Waals surface area contributed by atoms with Crippen molar-refractivity contribution >= 4 is 0 Å². The second kappa shape index (κ2) is 5.25. The van der Waals surface area contributed by atoms with E-state index in [1.807, 2.05) is 0 Å². The third kappa shape index (κ3) is 1.96. The van der Waals surface area contributed by atoms with Crippen molar-refractivity contribution in [3.8, 4) is 0 Å². The summed E-state index contributed by atoms with van der Waals surface area (Å²) in [7, 11) is 0. The molecule has 23 heavy (non-hydrogen) atoms. The van der Waals surface area contributed by atoms with Crippen molar-refractivity contribution < 1.29 is 0 Å². The van der Waals surface area contributed by atoms with Gasteiger partial charge in [0, 0.05) is 0 Å². The number of fused-ring (bicyclic) bond motifs is 2. The fraction of sp³-hybridized carbons (Fsp3) is 1.00. The number of hydrogen-bond donors (Lipinski definition) is 0. The summed E-state index contributed by atoms with van der Waals surface area (Å²) in [4.78, 5) is 0. The van der Waals surface area contributed by atoms with Crippen molar-refractivity contribution in [2.45, 2.75) is 83.5 Å². The summed E-state index contributed by atoms with van der Waals surface area (Å²) >= 11 is 0. The van der Waals surface area contributed by atoms with Crippen LogP contribution in [0, 0.1) is 59.2 Å². The molecule has 6 saturated carbocycles. The second-order valence-corrected chi connectivity index (χ2v) is 10.7. The lowest BCUT2D eigenvalue weighted by Crippen LogP contribution is -2.58. The predicted octanol–water partition coefficient (Wildman–Crippen LogP) is 6.30. The Hall–Kier alpha value is 0. The Morgan fingerprint density at radius 2 is 1.04 bits per heavy atom. The van der Waals surface area contributed by atoms with Gasteiger partial charge in [-0.1, -0.05) is 38.5 Å². The van der Waals surface area contributed by atoms with E-state index in [-0.39, 0.29) is 0 Å². The van der Waals surface area contributed by atoms with E-state index in [4.69, 9.17) is 0 Å². The first-order valence-corrected chi connectivity index (χ1v) is 11.4. The van der Waals surface area contributed by atoms with Gasteiger partial charge in [-0.3, -0.25) is 0 Å². The van der Waals surface area contributed by atoms with Crippen LogP contribution in [0.3, 0.4) is 0 Å². The maximum Gasteiger partial charge on any atom is -0.0318 e. The minimum atomic E-state index is 1.16. The zero-order valence-corrected chi connectivity index (χ0v) is 15.0. The lowest BCUT2D eigenvalue weighted by Gasteiger charge is -2.65. The standard InChI is InChI=1S/C23H36/c1-2-7-19-16(4-1)12-18-13-17-6-3-5-14-8-9-15-10-11-20(19)22(18)23(15)21(14)17/h14-23H,1-13H2. The summed E-state index contributed by atoms with van der Waals surface area (Å²) < 4.78 is 0. The van der Waals surface area contributed by atoms with Gasteiger partial charge in [-0.05, 0) is 104 Å². The van der Waals surface area contributed by atoms with E-state index in [1.54, 1.807) is 83.5 Å². The first-order valence-electron chi connectivity index (χ1n) is 11.4. The molecule has 0 bridgehead atoms. The Labute approximate surface area is 143 Å². The smallest absolute Gasteiger partial charge is 0.0318 e. The van der Waals surface area contributed by atoms with Crippen LogP contribution in [0.25, 0.3) is 0 Å². The number of hydrogen-bond acceptors (Lipinski definition) is 0. The molecule has 6 aliphatic carbocycles. The van der Waals surface area contributed by atoms with Gasteiger partial charge in [0.2, 0.25) is 0 Å². The minimum absolute atomic E-state index is 1.16. The van der Waals surface area contributed by atoms with Gasteiger partial charge in [-0.15, -0.1) is 0 Å². The Bertz CT molecular complexity index is 467. The molecular weight excluding hydrogens is 276 g/mol. The highest BCUT2D eigenvalue weighted by Gasteiger charge is 2.59. The van der Waals surface area contributed by atoms with Gasteiger partial charge in [-0.2, -0.15) is 0 Å². The topological polar surface area (TPSA) is 0 Å². The van der Waals surface area contributed by atoms with Crippen molar-refractivity contribution in [1.29, 1.82) is 0 Å². The van der Waals surface area contributed by atoms with Crippen molar-refractivity contribution in [3.05, 3.63) is 0 Å². The maximum atomic E-state index is 1.68. The zero-order valence-electron chi connectivity index (χ0n) is 15.0. The molecule has 0 amide bonds. The summed E-state index contributed by atoms with van der Waals surface area (Å²) in [5.74, 6) is 11.8. The fourth-order valence-electron chi connectivity index (χ4n) is 9.82. The zero-order chi connectivity index (χ0) is 15.0. The van der Waals surface area contributed by atoms with E-state index in [1.165, 1.54) is 53.3 Å². The van der Waals surface area contributed by atoms with Crippen LogP contribution in [-0.2, 0) is 0 Å². The van der Waals surface area contributed by atoms with Gasteiger partial charge in [-0.25, -0.2) is 0 Å². The molecule has 10 unspecified atom stereocenters. The lowest BCUT2D eigenvalue weighted by molar-refractivity contribution is -0.165. The average Bonchev–Trinajstić information content (AvgIpc) is 2.61. The van der Waals surface area contributed by atoms with Gasteiger partial charge in [0.15, 0.2) is 0 Å². The third-order valence-electron chi connectivity index (χ3n) is 10.2. The molecule has 0 N–H and O–H groups in total. The average molecular weight is 313 g/mol. The Kier molecular flexibility index (Phi) is 3.24. The van der Waals surface area contributed by atoms with Crippen LogP contribution in [-0.4, -0.2) is 0 Å². The van der Waals surface area contributed by atoms with E-state index < -0.39 is 0 Å². The molecule has 128 valence electrons. The van der Waals surface area contributed by atoms with Gasteiger partial charge in [0.1, 0.15) is 0 Å². The molecule has 10 atom stereocenters. The lowest BCUT2D eigenvalue weighted by atomic mass is 9.40. The Morgan fingerprint density at radius 3 is 2.00 bits per heavy atom. The molecule has 0 aliphatic heterocycles. The van der Waals surface area contributed by atoms with Crippen molar-refractivity contribution in [2.75, 3.05) is 0 Å². The molecule has 0 radical (unpaired) electrons. The van der Waals surface area contributed by atoms with Gasteiger partial charge in [0.05, 0.1) is 0 Å².